The van der Waals surface area contributed by atoms with Crippen molar-refractivity contribution in [3.05, 3.63) is 82.2 Å². The van der Waals surface area contributed by atoms with Crippen LogP contribution in [0.2, 0.25) is 0 Å². The molecule has 0 radical (unpaired) electrons. The molecule has 0 bridgehead atoms. The Labute approximate surface area is 153 Å². The van der Waals surface area contributed by atoms with Gasteiger partial charge in [0.1, 0.15) is 18.1 Å². The van der Waals surface area contributed by atoms with Crippen LogP contribution in [-0.2, 0) is 13.2 Å². The summed E-state index contributed by atoms with van der Waals surface area (Å²) < 4.78 is 5.65. The van der Waals surface area contributed by atoms with Gasteiger partial charge < -0.3 is 10.1 Å². The zero-order chi connectivity index (χ0) is 18.5. The van der Waals surface area contributed by atoms with Gasteiger partial charge in [0.25, 0.3) is 5.91 Å². The monoisotopic (exact) mass is 349 g/mol. The number of benzene rings is 2. The molecule has 0 aliphatic rings. The van der Waals surface area contributed by atoms with E-state index >= 15 is 0 Å². The fraction of sp³-hybridized carbons (Fsp3) is 0.238. The number of carbonyl (C=O) groups excluding carboxylic acids is 1. The van der Waals surface area contributed by atoms with Crippen molar-refractivity contribution < 1.29 is 9.53 Å². The first-order valence-electron chi connectivity index (χ1n) is 8.60. The Hall–Kier alpha value is -3.08. The lowest BCUT2D eigenvalue weighted by Crippen LogP contribution is -2.24. The van der Waals surface area contributed by atoms with Crippen LogP contribution in [-0.4, -0.2) is 16.1 Å². The average molecular weight is 349 g/mol. The minimum atomic E-state index is -0.202. The molecular formula is C21H23N3O2. The predicted octanol–water partition coefficient (Wildman–Crippen LogP) is 3.84. The number of nitrogens with one attached hydrogen (secondary N) is 2. The summed E-state index contributed by atoms with van der Waals surface area (Å²) in [5.74, 6) is 0.574. The molecule has 1 heterocycles. The molecular weight excluding hydrogens is 326 g/mol. The molecule has 0 atom stereocenters. The van der Waals surface area contributed by atoms with Crippen molar-refractivity contribution >= 4 is 5.91 Å². The van der Waals surface area contributed by atoms with Gasteiger partial charge in [-0.2, -0.15) is 5.10 Å². The molecule has 3 aromatic rings. The smallest absolute Gasteiger partial charge is 0.272 e. The van der Waals surface area contributed by atoms with Crippen LogP contribution in [0.5, 0.6) is 5.75 Å². The molecule has 2 N–H and O–H groups in total. The normalized spacial score (nSPS) is 10.6. The second kappa shape index (κ2) is 7.87. The molecule has 3 rings (SSSR count). The fourth-order valence-corrected chi connectivity index (χ4v) is 2.98. The molecule has 5 heteroatoms. The summed E-state index contributed by atoms with van der Waals surface area (Å²) in [6.07, 6.45) is 0. The lowest BCUT2D eigenvalue weighted by Gasteiger charge is -2.11. The Bertz CT molecular complexity index is 878. The number of para-hydroxylation sites is 1. The number of nitrogens with zero attached hydrogens (tertiary/aromatic N) is 1. The number of aromatic amines is 1. The molecule has 5 nitrogen and oxygen atoms in total. The number of H-pyrrole nitrogens is 1. The van der Waals surface area contributed by atoms with Gasteiger partial charge in [-0.25, -0.2) is 0 Å². The van der Waals surface area contributed by atoms with Gasteiger partial charge in [-0.3, -0.25) is 9.89 Å². The van der Waals surface area contributed by atoms with Gasteiger partial charge in [0.2, 0.25) is 0 Å². The van der Waals surface area contributed by atoms with Crippen molar-refractivity contribution in [1.82, 2.24) is 15.5 Å². The Kier molecular flexibility index (Phi) is 5.37. The predicted molar refractivity (Wildman–Crippen MR) is 101 cm³/mol. The van der Waals surface area contributed by atoms with E-state index in [1.165, 1.54) is 16.7 Å². The van der Waals surface area contributed by atoms with Gasteiger partial charge in [0.05, 0.1) is 5.69 Å². The number of amides is 1. The molecule has 2 aromatic carbocycles. The third-order valence-electron chi connectivity index (χ3n) is 4.27. The quantitative estimate of drug-likeness (QED) is 0.710. The van der Waals surface area contributed by atoms with Crippen LogP contribution in [0.4, 0.5) is 0 Å². The molecule has 1 amide bonds. The Morgan fingerprint density at radius 2 is 1.77 bits per heavy atom. The third kappa shape index (κ3) is 4.30. The number of rotatable bonds is 6. The summed E-state index contributed by atoms with van der Waals surface area (Å²) in [5.41, 5.74) is 5.85. The highest BCUT2D eigenvalue weighted by atomic mass is 16.5. The molecule has 134 valence electrons. The highest BCUT2D eigenvalue weighted by Gasteiger charge is 2.12. The minimum absolute atomic E-state index is 0.202. The standard InChI is InChI=1S/C21H23N3O2/c1-14-9-15(2)19(16(3)10-14)12-22-21(25)20-11-17(23-24-20)13-26-18-7-5-4-6-8-18/h4-11H,12-13H2,1-3H3,(H,22,25)(H,23,24). The highest BCUT2D eigenvalue weighted by molar-refractivity contribution is 5.92. The molecule has 0 saturated heterocycles. The molecule has 1 aromatic heterocycles. The summed E-state index contributed by atoms with van der Waals surface area (Å²) in [5, 5.41) is 9.87. The molecule has 26 heavy (non-hydrogen) atoms. The first kappa shape index (κ1) is 17.7. The first-order chi connectivity index (χ1) is 12.5. The largest absolute Gasteiger partial charge is 0.487 e. The van der Waals surface area contributed by atoms with Crippen molar-refractivity contribution in [2.24, 2.45) is 0 Å². The van der Waals surface area contributed by atoms with E-state index in [0.29, 0.717) is 18.8 Å². The van der Waals surface area contributed by atoms with Crippen LogP contribution in [0.25, 0.3) is 0 Å². The Morgan fingerprint density at radius 1 is 1.08 bits per heavy atom. The number of aromatic nitrogens is 2. The SMILES string of the molecule is Cc1cc(C)c(CNC(=O)c2cc(COc3ccccc3)[nH]n2)c(C)c1. The maximum atomic E-state index is 12.4. The summed E-state index contributed by atoms with van der Waals surface area (Å²) >= 11 is 0. The van der Waals surface area contributed by atoms with E-state index in [2.05, 4.69) is 48.4 Å². The van der Waals surface area contributed by atoms with Crippen LogP contribution in [0.3, 0.4) is 0 Å². The second-order valence-corrected chi connectivity index (χ2v) is 6.44. The number of carbonyl (C=O) groups is 1. The van der Waals surface area contributed by atoms with Crippen molar-refractivity contribution in [3.8, 4) is 5.75 Å². The van der Waals surface area contributed by atoms with E-state index in [1.807, 2.05) is 30.3 Å². The molecule has 0 spiro atoms. The molecule has 0 unspecified atom stereocenters. The zero-order valence-electron chi connectivity index (χ0n) is 15.3. The number of ether oxygens (including phenoxy) is 1. The van der Waals surface area contributed by atoms with Gasteiger partial charge in [-0.1, -0.05) is 35.9 Å². The summed E-state index contributed by atoms with van der Waals surface area (Å²) in [4.78, 5) is 12.4. The maximum Gasteiger partial charge on any atom is 0.272 e. The van der Waals surface area contributed by atoms with E-state index in [-0.39, 0.29) is 5.91 Å². The summed E-state index contributed by atoms with van der Waals surface area (Å²) in [7, 11) is 0. The van der Waals surface area contributed by atoms with Gasteiger partial charge in [-0.15, -0.1) is 0 Å². The topological polar surface area (TPSA) is 67.0 Å². The average Bonchev–Trinajstić information content (AvgIpc) is 3.09. The van der Waals surface area contributed by atoms with Gasteiger partial charge in [0, 0.05) is 6.54 Å². The van der Waals surface area contributed by atoms with Gasteiger partial charge >= 0.3 is 0 Å². The van der Waals surface area contributed by atoms with Crippen LogP contribution in [0.15, 0.2) is 48.5 Å². The molecule has 0 fully saturated rings. The maximum absolute atomic E-state index is 12.4. The lowest BCUT2D eigenvalue weighted by atomic mass is 10.00. The van der Waals surface area contributed by atoms with Gasteiger partial charge in [-0.05, 0) is 55.7 Å². The first-order valence-corrected chi connectivity index (χ1v) is 8.60. The minimum Gasteiger partial charge on any atom is -0.487 e. The molecule has 0 aliphatic heterocycles. The van der Waals surface area contributed by atoms with E-state index < -0.39 is 0 Å². The van der Waals surface area contributed by atoms with Crippen LogP contribution >= 0.6 is 0 Å². The molecule has 0 saturated carbocycles. The van der Waals surface area contributed by atoms with E-state index in [1.54, 1.807) is 6.07 Å². The van der Waals surface area contributed by atoms with Crippen LogP contribution in [0.1, 0.15) is 38.4 Å². The zero-order valence-corrected chi connectivity index (χ0v) is 15.3. The van der Waals surface area contributed by atoms with Crippen molar-refractivity contribution in [3.63, 3.8) is 0 Å². The van der Waals surface area contributed by atoms with E-state index in [9.17, 15) is 4.79 Å². The lowest BCUT2D eigenvalue weighted by molar-refractivity contribution is 0.0946. The number of hydrogen-bond donors (Lipinski definition) is 2. The number of aryl methyl sites for hydroxylation is 3. The Balaban J connectivity index is 1.58. The van der Waals surface area contributed by atoms with Crippen molar-refractivity contribution in [2.75, 3.05) is 0 Å². The summed E-state index contributed by atoms with van der Waals surface area (Å²) in [6, 6.07) is 15.5. The Morgan fingerprint density at radius 3 is 2.46 bits per heavy atom. The molecule has 0 aliphatic carbocycles. The highest BCUT2D eigenvalue weighted by Crippen LogP contribution is 2.16. The third-order valence-corrected chi connectivity index (χ3v) is 4.27. The van der Waals surface area contributed by atoms with Crippen LogP contribution in [0, 0.1) is 20.8 Å². The van der Waals surface area contributed by atoms with E-state index in [4.69, 9.17) is 4.74 Å². The van der Waals surface area contributed by atoms with Crippen molar-refractivity contribution in [1.29, 1.82) is 0 Å². The van der Waals surface area contributed by atoms with Gasteiger partial charge in [0.15, 0.2) is 0 Å². The number of hydrogen-bond acceptors (Lipinski definition) is 3. The van der Waals surface area contributed by atoms with Crippen LogP contribution < -0.4 is 10.1 Å². The van der Waals surface area contributed by atoms with E-state index in [0.717, 1.165) is 17.0 Å². The second-order valence-electron chi connectivity index (χ2n) is 6.44. The summed E-state index contributed by atoms with van der Waals surface area (Å²) in [6.45, 7) is 7.02. The van der Waals surface area contributed by atoms with Crippen molar-refractivity contribution in [2.45, 2.75) is 33.9 Å². The fourth-order valence-electron chi connectivity index (χ4n) is 2.98.